The maximum Gasteiger partial charge on any atom is 0.416 e. The van der Waals surface area contributed by atoms with E-state index in [0.29, 0.717) is 22.0 Å². The third-order valence-electron chi connectivity index (χ3n) is 3.88. The first-order valence-corrected chi connectivity index (χ1v) is 8.82. The molecule has 3 aromatic rings. The van der Waals surface area contributed by atoms with Gasteiger partial charge in [-0.25, -0.2) is 4.68 Å². The third kappa shape index (κ3) is 4.30. The van der Waals surface area contributed by atoms with Crippen molar-refractivity contribution in [3.8, 4) is 5.75 Å². The average molecular weight is 395 g/mol. The van der Waals surface area contributed by atoms with E-state index in [1.165, 1.54) is 28.2 Å². The van der Waals surface area contributed by atoms with Gasteiger partial charge in [0.15, 0.2) is 6.73 Å². The number of benzene rings is 1. The monoisotopic (exact) mass is 395 g/mol. The molecule has 27 heavy (non-hydrogen) atoms. The van der Waals surface area contributed by atoms with Crippen molar-refractivity contribution in [2.24, 2.45) is 0 Å². The largest absolute Gasteiger partial charge is 0.471 e. The summed E-state index contributed by atoms with van der Waals surface area (Å²) in [4.78, 5) is 12.8. The molecule has 5 nitrogen and oxygen atoms in total. The number of alkyl halides is 3. The van der Waals surface area contributed by atoms with Crippen LogP contribution >= 0.6 is 11.3 Å². The SMILES string of the molecule is Cc1nn(COc2cccc(C(F)(F)F)c2)c(C)c1NC(=O)c1cccs1. The average Bonchev–Trinajstić information content (AvgIpc) is 3.24. The fourth-order valence-corrected chi connectivity index (χ4v) is 3.10. The maximum atomic E-state index is 12.8. The lowest BCUT2D eigenvalue weighted by molar-refractivity contribution is -0.137. The second-order valence-electron chi connectivity index (χ2n) is 5.78. The molecule has 0 radical (unpaired) electrons. The quantitative estimate of drug-likeness (QED) is 0.671. The molecule has 0 spiro atoms. The van der Waals surface area contributed by atoms with E-state index < -0.39 is 11.7 Å². The Morgan fingerprint density at radius 2 is 2.04 bits per heavy atom. The van der Waals surface area contributed by atoms with E-state index in [1.807, 2.05) is 0 Å². The number of nitrogens with one attached hydrogen (secondary N) is 1. The summed E-state index contributed by atoms with van der Waals surface area (Å²) in [6, 6.07) is 8.14. The fourth-order valence-electron chi connectivity index (χ4n) is 2.48. The number of ether oxygens (including phenoxy) is 1. The summed E-state index contributed by atoms with van der Waals surface area (Å²) in [5, 5.41) is 8.91. The highest BCUT2D eigenvalue weighted by atomic mass is 32.1. The normalized spacial score (nSPS) is 11.4. The number of nitrogens with zero attached hydrogens (tertiary/aromatic N) is 2. The molecule has 0 aliphatic rings. The Morgan fingerprint density at radius 1 is 1.26 bits per heavy atom. The second-order valence-corrected chi connectivity index (χ2v) is 6.72. The molecule has 9 heteroatoms. The Morgan fingerprint density at radius 3 is 2.70 bits per heavy atom. The first-order chi connectivity index (χ1) is 12.8. The molecule has 0 aliphatic heterocycles. The molecule has 2 heterocycles. The molecule has 0 aliphatic carbocycles. The molecular formula is C18H16F3N3O2S. The van der Waals surface area contributed by atoms with Gasteiger partial charge in [0.1, 0.15) is 5.75 Å². The van der Waals surface area contributed by atoms with Gasteiger partial charge in [0.25, 0.3) is 5.91 Å². The van der Waals surface area contributed by atoms with Gasteiger partial charge in [-0.15, -0.1) is 11.3 Å². The first kappa shape index (κ1) is 19.0. The number of aromatic nitrogens is 2. The van der Waals surface area contributed by atoms with Gasteiger partial charge in [-0.3, -0.25) is 4.79 Å². The third-order valence-corrected chi connectivity index (χ3v) is 4.75. The van der Waals surface area contributed by atoms with E-state index in [-0.39, 0.29) is 18.4 Å². The topological polar surface area (TPSA) is 56.1 Å². The minimum atomic E-state index is -4.43. The van der Waals surface area contributed by atoms with E-state index in [1.54, 1.807) is 31.4 Å². The van der Waals surface area contributed by atoms with Crippen molar-refractivity contribution in [3.63, 3.8) is 0 Å². The second kappa shape index (κ2) is 7.43. The summed E-state index contributed by atoms with van der Waals surface area (Å²) in [6.07, 6.45) is -4.43. The molecule has 2 aromatic heterocycles. The molecule has 1 aromatic carbocycles. The Hall–Kier alpha value is -2.81. The van der Waals surface area contributed by atoms with Crippen LogP contribution in [0.4, 0.5) is 18.9 Å². The maximum absolute atomic E-state index is 12.8. The molecule has 1 amide bonds. The van der Waals surface area contributed by atoms with Gasteiger partial charge in [-0.1, -0.05) is 12.1 Å². The number of carbonyl (C=O) groups excluding carboxylic acids is 1. The minimum absolute atomic E-state index is 0.0805. The zero-order valence-electron chi connectivity index (χ0n) is 14.5. The Labute approximate surface area is 157 Å². The van der Waals surface area contributed by atoms with Crippen molar-refractivity contribution < 1.29 is 22.7 Å². The van der Waals surface area contributed by atoms with Crippen molar-refractivity contribution in [1.29, 1.82) is 0 Å². The van der Waals surface area contributed by atoms with Crippen LogP contribution in [0.1, 0.15) is 26.6 Å². The number of hydrogen-bond acceptors (Lipinski definition) is 4. The number of halogens is 3. The Kier molecular flexibility index (Phi) is 5.22. The first-order valence-electron chi connectivity index (χ1n) is 7.94. The van der Waals surface area contributed by atoms with Gasteiger partial charge < -0.3 is 10.1 Å². The van der Waals surface area contributed by atoms with Crippen LogP contribution in [0.15, 0.2) is 41.8 Å². The highest BCUT2D eigenvalue weighted by Crippen LogP contribution is 2.31. The van der Waals surface area contributed by atoms with Crippen molar-refractivity contribution in [2.75, 3.05) is 5.32 Å². The summed E-state index contributed by atoms with van der Waals surface area (Å²) in [6.45, 7) is 3.40. The number of anilines is 1. The predicted octanol–water partition coefficient (Wildman–Crippen LogP) is 4.87. The number of rotatable bonds is 5. The highest BCUT2D eigenvalue weighted by Gasteiger charge is 2.30. The number of carbonyl (C=O) groups is 1. The van der Waals surface area contributed by atoms with Crippen LogP contribution in [0.3, 0.4) is 0 Å². The van der Waals surface area contributed by atoms with Gasteiger partial charge in [0.2, 0.25) is 0 Å². The molecule has 0 saturated heterocycles. The van der Waals surface area contributed by atoms with Crippen LogP contribution in [0.25, 0.3) is 0 Å². The van der Waals surface area contributed by atoms with E-state index in [0.717, 1.165) is 12.1 Å². The van der Waals surface area contributed by atoms with Gasteiger partial charge in [0, 0.05) is 0 Å². The van der Waals surface area contributed by atoms with Crippen molar-refractivity contribution in [1.82, 2.24) is 9.78 Å². The van der Waals surface area contributed by atoms with Crippen molar-refractivity contribution in [2.45, 2.75) is 26.8 Å². The van der Waals surface area contributed by atoms with Gasteiger partial charge in [-0.05, 0) is 43.5 Å². The zero-order chi connectivity index (χ0) is 19.6. The summed E-state index contributed by atoms with van der Waals surface area (Å²) in [5.74, 6) is -0.156. The van der Waals surface area contributed by atoms with Crippen molar-refractivity contribution in [3.05, 3.63) is 63.6 Å². The number of thiophene rings is 1. The van der Waals surface area contributed by atoms with Crippen molar-refractivity contribution >= 4 is 22.9 Å². The van der Waals surface area contributed by atoms with Crippen LogP contribution in [0.5, 0.6) is 5.75 Å². The van der Waals surface area contributed by atoms with Gasteiger partial charge in [0.05, 0.1) is 27.5 Å². The summed E-state index contributed by atoms with van der Waals surface area (Å²) in [7, 11) is 0. The standard InChI is InChI=1S/C18H16F3N3O2S/c1-11-16(22-17(25)15-7-4-8-27-15)12(2)24(23-11)10-26-14-6-3-5-13(9-14)18(19,20)21/h3-9H,10H2,1-2H3,(H,22,25). The molecule has 0 atom stereocenters. The van der Waals surface area contributed by atoms with E-state index in [4.69, 9.17) is 4.74 Å². The summed E-state index contributed by atoms with van der Waals surface area (Å²) >= 11 is 1.32. The molecule has 142 valence electrons. The number of aryl methyl sites for hydroxylation is 1. The number of amides is 1. The van der Waals surface area contributed by atoms with Crippen LogP contribution in [-0.2, 0) is 12.9 Å². The summed E-state index contributed by atoms with van der Waals surface area (Å²) < 4.78 is 45.3. The van der Waals surface area contributed by atoms with E-state index >= 15 is 0 Å². The van der Waals surface area contributed by atoms with Crippen LogP contribution in [-0.4, -0.2) is 15.7 Å². The zero-order valence-corrected chi connectivity index (χ0v) is 15.3. The van der Waals surface area contributed by atoms with E-state index in [2.05, 4.69) is 10.4 Å². The molecule has 3 rings (SSSR count). The molecular weight excluding hydrogens is 379 g/mol. The van der Waals surface area contributed by atoms with Crippen LogP contribution < -0.4 is 10.1 Å². The lowest BCUT2D eigenvalue weighted by Gasteiger charge is -2.11. The molecule has 0 saturated carbocycles. The number of hydrogen-bond donors (Lipinski definition) is 1. The summed E-state index contributed by atoms with van der Waals surface area (Å²) in [5.41, 5.74) is 1.01. The Balaban J connectivity index is 1.72. The predicted molar refractivity (Wildman–Crippen MR) is 96.0 cm³/mol. The van der Waals surface area contributed by atoms with Crippen LogP contribution in [0, 0.1) is 13.8 Å². The highest BCUT2D eigenvalue weighted by molar-refractivity contribution is 7.12. The van der Waals surface area contributed by atoms with Gasteiger partial charge >= 0.3 is 6.18 Å². The lowest BCUT2D eigenvalue weighted by Crippen LogP contribution is -2.13. The molecule has 0 bridgehead atoms. The minimum Gasteiger partial charge on any atom is -0.471 e. The molecule has 0 fully saturated rings. The lowest BCUT2D eigenvalue weighted by atomic mass is 10.2. The molecule has 0 unspecified atom stereocenters. The van der Waals surface area contributed by atoms with Crippen LogP contribution in [0.2, 0.25) is 0 Å². The fraction of sp³-hybridized carbons (Fsp3) is 0.222. The smallest absolute Gasteiger partial charge is 0.416 e. The molecule has 1 N–H and O–H groups in total. The van der Waals surface area contributed by atoms with E-state index in [9.17, 15) is 18.0 Å². The van der Waals surface area contributed by atoms with Gasteiger partial charge in [-0.2, -0.15) is 18.3 Å². The Bertz CT molecular complexity index is 949.